The van der Waals surface area contributed by atoms with Crippen molar-refractivity contribution in [1.29, 1.82) is 5.26 Å². The average Bonchev–Trinajstić information content (AvgIpc) is 3.38. The number of hydrogen-bond donors (Lipinski definition) is 2. The number of nitrogens with zero attached hydrogens (tertiary/aromatic N) is 4. The van der Waals surface area contributed by atoms with Gasteiger partial charge in [-0.25, -0.2) is 0 Å². The van der Waals surface area contributed by atoms with Crippen LogP contribution in [-0.2, 0) is 9.59 Å². The van der Waals surface area contributed by atoms with Crippen molar-refractivity contribution in [3.63, 3.8) is 0 Å². The number of nitrogens with two attached hydrogens (primary N) is 1. The fraction of sp³-hybridized carbons (Fsp3) is 0.250. The van der Waals surface area contributed by atoms with Crippen molar-refractivity contribution in [3.8, 4) is 6.07 Å². The third kappa shape index (κ3) is 5.37. The number of rotatable bonds is 6. The summed E-state index contributed by atoms with van der Waals surface area (Å²) in [7, 11) is 0. The average molecular weight is 622 g/mol. The zero-order valence-corrected chi connectivity index (χ0v) is 24.5. The molecule has 1 atom stereocenters. The number of benzene rings is 2. The summed E-state index contributed by atoms with van der Waals surface area (Å²) in [5, 5.41) is 22.2. The second kappa shape index (κ2) is 11.3. The van der Waals surface area contributed by atoms with Gasteiger partial charge in [-0.15, -0.1) is 10.2 Å². The molecule has 1 amide bonds. The number of aromatic nitrogens is 2. The number of anilines is 2. The lowest BCUT2D eigenvalue weighted by Gasteiger charge is -2.38. The van der Waals surface area contributed by atoms with Crippen LogP contribution in [0.15, 0.2) is 73.9 Å². The SMILES string of the molecule is Cc1ccc(NC(=O)CSc2nnc(N3C(N)=C(C#N)C(c4ccccc4Br)C4=C3CCCC4=O)s2)cc1C. The highest BCUT2D eigenvalue weighted by Crippen LogP contribution is 2.48. The molecule has 0 bridgehead atoms. The summed E-state index contributed by atoms with van der Waals surface area (Å²) in [6.07, 6.45) is 1.73. The van der Waals surface area contributed by atoms with Gasteiger partial charge in [0.2, 0.25) is 11.0 Å². The molecule has 39 heavy (non-hydrogen) atoms. The minimum Gasteiger partial charge on any atom is -0.384 e. The van der Waals surface area contributed by atoms with E-state index in [1.807, 2.05) is 56.3 Å². The summed E-state index contributed by atoms with van der Waals surface area (Å²) in [6, 6.07) is 15.6. The molecule has 5 rings (SSSR count). The summed E-state index contributed by atoms with van der Waals surface area (Å²) in [5.41, 5.74) is 12.1. The van der Waals surface area contributed by atoms with Gasteiger partial charge in [0.05, 0.1) is 23.3 Å². The molecule has 2 aromatic carbocycles. The molecule has 2 aliphatic rings. The highest BCUT2D eigenvalue weighted by atomic mass is 79.9. The number of amides is 1. The van der Waals surface area contributed by atoms with E-state index in [-0.39, 0.29) is 23.3 Å². The molecular formula is C28H25BrN6O2S2. The van der Waals surface area contributed by atoms with Crippen LogP contribution < -0.4 is 16.0 Å². The molecule has 3 N–H and O–H groups in total. The zero-order chi connectivity index (χ0) is 27.7. The Balaban J connectivity index is 1.41. The van der Waals surface area contributed by atoms with E-state index in [0.29, 0.717) is 39.9 Å². The first kappa shape index (κ1) is 27.1. The summed E-state index contributed by atoms with van der Waals surface area (Å²) >= 11 is 6.13. The monoisotopic (exact) mass is 620 g/mol. The maximum absolute atomic E-state index is 13.3. The molecule has 0 spiro atoms. The molecule has 1 aliphatic carbocycles. The van der Waals surface area contributed by atoms with Gasteiger partial charge in [-0.2, -0.15) is 5.26 Å². The van der Waals surface area contributed by atoms with Crippen LogP contribution in [0.25, 0.3) is 0 Å². The van der Waals surface area contributed by atoms with E-state index in [4.69, 9.17) is 5.73 Å². The Morgan fingerprint density at radius 3 is 2.77 bits per heavy atom. The van der Waals surface area contributed by atoms with Crippen molar-refractivity contribution in [2.75, 3.05) is 16.0 Å². The number of aryl methyl sites for hydroxylation is 2. The minimum atomic E-state index is -0.555. The summed E-state index contributed by atoms with van der Waals surface area (Å²) in [4.78, 5) is 27.5. The van der Waals surface area contributed by atoms with Crippen LogP contribution >= 0.6 is 39.0 Å². The number of carbonyl (C=O) groups is 2. The number of nitriles is 1. The van der Waals surface area contributed by atoms with Gasteiger partial charge in [-0.05, 0) is 61.6 Å². The predicted molar refractivity (Wildman–Crippen MR) is 157 cm³/mol. The van der Waals surface area contributed by atoms with E-state index in [9.17, 15) is 14.9 Å². The lowest BCUT2D eigenvalue weighted by molar-refractivity contribution is -0.116. The number of carbonyl (C=O) groups excluding carboxylic acids is 2. The largest absolute Gasteiger partial charge is 0.384 e. The lowest BCUT2D eigenvalue weighted by Crippen LogP contribution is -2.38. The van der Waals surface area contributed by atoms with Crippen LogP contribution in [0.5, 0.6) is 0 Å². The van der Waals surface area contributed by atoms with Crippen molar-refractivity contribution >= 4 is 61.5 Å². The molecule has 0 saturated heterocycles. The molecule has 2 heterocycles. The molecule has 1 aromatic heterocycles. The maximum atomic E-state index is 13.3. The molecule has 1 aliphatic heterocycles. The second-order valence-corrected chi connectivity index (χ2v) is 12.4. The first-order valence-corrected chi connectivity index (χ1v) is 14.9. The third-order valence-electron chi connectivity index (χ3n) is 6.83. The predicted octanol–water partition coefficient (Wildman–Crippen LogP) is 5.95. The normalized spacial score (nSPS) is 17.2. The Hall–Kier alpha value is -3.46. The van der Waals surface area contributed by atoms with Gasteiger partial charge < -0.3 is 11.1 Å². The Kier molecular flexibility index (Phi) is 7.88. The molecule has 0 radical (unpaired) electrons. The first-order valence-electron chi connectivity index (χ1n) is 12.3. The Morgan fingerprint density at radius 1 is 1.23 bits per heavy atom. The fourth-order valence-corrected chi connectivity index (χ4v) is 7.01. The van der Waals surface area contributed by atoms with E-state index in [2.05, 4.69) is 37.5 Å². The molecule has 198 valence electrons. The smallest absolute Gasteiger partial charge is 0.234 e. The van der Waals surface area contributed by atoms with Crippen LogP contribution in [-0.4, -0.2) is 27.6 Å². The quantitative estimate of drug-likeness (QED) is 0.324. The standard InChI is InChI=1S/C28H25BrN6O2S2/c1-15-10-11-17(12-16(15)2)32-23(37)14-38-28-34-33-27(39-28)35-21-8-5-9-22(36)25(21)24(19(13-30)26(35)31)18-6-3-4-7-20(18)29/h3-4,6-7,10-12,24H,5,8-9,14,31H2,1-2H3,(H,32,37). The molecule has 1 unspecified atom stereocenters. The fourth-order valence-electron chi connectivity index (χ4n) is 4.82. The van der Waals surface area contributed by atoms with E-state index in [1.165, 1.54) is 23.1 Å². The summed E-state index contributed by atoms with van der Waals surface area (Å²) in [5.74, 6) is -0.299. The number of ketones is 1. The van der Waals surface area contributed by atoms with Gasteiger partial charge >= 0.3 is 0 Å². The Labute approximate surface area is 243 Å². The molecule has 0 saturated carbocycles. The minimum absolute atomic E-state index is 0.00406. The van der Waals surface area contributed by atoms with Crippen molar-refractivity contribution in [2.45, 2.75) is 43.4 Å². The molecule has 0 fully saturated rings. The summed E-state index contributed by atoms with van der Waals surface area (Å²) < 4.78 is 1.40. The van der Waals surface area contributed by atoms with Crippen molar-refractivity contribution < 1.29 is 9.59 Å². The highest BCUT2D eigenvalue weighted by molar-refractivity contribution is 9.10. The zero-order valence-electron chi connectivity index (χ0n) is 21.3. The van der Waals surface area contributed by atoms with Crippen molar-refractivity contribution in [1.82, 2.24) is 10.2 Å². The Bertz CT molecular complexity index is 1590. The van der Waals surface area contributed by atoms with Crippen LogP contribution in [0.1, 0.15) is 41.9 Å². The van der Waals surface area contributed by atoms with Gasteiger partial charge in [0, 0.05) is 27.9 Å². The second-order valence-electron chi connectivity index (χ2n) is 9.32. The molecule has 3 aromatic rings. The van der Waals surface area contributed by atoms with Crippen LogP contribution in [0.3, 0.4) is 0 Å². The van der Waals surface area contributed by atoms with Crippen molar-refractivity contribution in [2.24, 2.45) is 5.73 Å². The van der Waals surface area contributed by atoms with Gasteiger partial charge in [-0.1, -0.05) is 63.3 Å². The summed E-state index contributed by atoms with van der Waals surface area (Å²) in [6.45, 7) is 4.03. The van der Waals surface area contributed by atoms with Crippen LogP contribution in [0.4, 0.5) is 10.8 Å². The van der Waals surface area contributed by atoms with Gasteiger partial charge in [0.1, 0.15) is 5.82 Å². The van der Waals surface area contributed by atoms with Crippen molar-refractivity contribution in [3.05, 3.63) is 86.3 Å². The number of hydrogen-bond acceptors (Lipinski definition) is 9. The lowest BCUT2D eigenvalue weighted by atomic mass is 9.76. The number of Topliss-reactive ketones (excluding diaryl/α,β-unsaturated/α-hetero) is 1. The number of thioether (sulfide) groups is 1. The highest BCUT2D eigenvalue weighted by Gasteiger charge is 2.41. The third-order valence-corrected chi connectivity index (χ3v) is 9.60. The van der Waals surface area contributed by atoms with Gasteiger partial charge in [0.25, 0.3) is 0 Å². The first-order chi connectivity index (χ1) is 18.8. The molecular weight excluding hydrogens is 596 g/mol. The van der Waals surface area contributed by atoms with E-state index in [1.54, 1.807) is 4.90 Å². The number of halogens is 1. The van der Waals surface area contributed by atoms with Gasteiger partial charge in [-0.3, -0.25) is 14.5 Å². The molecule has 8 nitrogen and oxygen atoms in total. The number of nitrogens with one attached hydrogen (secondary N) is 1. The topological polar surface area (TPSA) is 125 Å². The van der Waals surface area contributed by atoms with E-state index in [0.717, 1.165) is 32.5 Å². The maximum Gasteiger partial charge on any atom is 0.234 e. The van der Waals surface area contributed by atoms with E-state index < -0.39 is 5.92 Å². The van der Waals surface area contributed by atoms with Crippen LogP contribution in [0.2, 0.25) is 0 Å². The van der Waals surface area contributed by atoms with Gasteiger partial charge in [0.15, 0.2) is 10.1 Å². The Morgan fingerprint density at radius 2 is 2.03 bits per heavy atom. The molecule has 11 heteroatoms. The van der Waals surface area contributed by atoms with E-state index >= 15 is 0 Å². The van der Waals surface area contributed by atoms with Crippen LogP contribution in [0, 0.1) is 25.2 Å². The number of allylic oxidation sites excluding steroid dienone is 3.